The van der Waals surface area contributed by atoms with Gasteiger partial charge < -0.3 is 5.73 Å². The molecule has 0 atom stereocenters. The molecule has 0 unspecified atom stereocenters. The molecule has 1 fully saturated rings. The van der Waals surface area contributed by atoms with Crippen LogP contribution in [0.4, 0.5) is 0 Å². The van der Waals surface area contributed by atoms with E-state index in [9.17, 15) is 0 Å². The molecule has 0 saturated carbocycles. The molecule has 1 saturated heterocycles. The molecule has 0 amide bonds. The Hall–Kier alpha value is -0.560. The summed E-state index contributed by atoms with van der Waals surface area (Å²) >= 11 is 6.99. The summed E-state index contributed by atoms with van der Waals surface area (Å²) in [5.74, 6) is 0. The van der Waals surface area contributed by atoms with Gasteiger partial charge in [0, 0.05) is 31.1 Å². The van der Waals surface area contributed by atoms with Crippen LogP contribution in [0.5, 0.6) is 0 Å². The van der Waals surface area contributed by atoms with Crippen LogP contribution < -0.4 is 5.73 Å². The number of nitrogens with zero attached hydrogens (tertiary/aromatic N) is 3. The van der Waals surface area contributed by atoms with E-state index in [1.807, 2.05) is 11.3 Å². The number of piperazine rings is 1. The molecule has 112 valence electrons. The quantitative estimate of drug-likeness (QED) is 0.861. The van der Waals surface area contributed by atoms with Crippen molar-refractivity contribution in [1.29, 1.82) is 0 Å². The second-order valence-corrected chi connectivity index (χ2v) is 7.66. The minimum Gasteiger partial charge on any atom is -0.392 e. The van der Waals surface area contributed by atoms with Gasteiger partial charge in [0.25, 0.3) is 0 Å². The van der Waals surface area contributed by atoms with Gasteiger partial charge in [0.15, 0.2) is 0 Å². The zero-order chi connectivity index (χ0) is 14.9. The smallest absolute Gasteiger partial charge is 0.107 e. The van der Waals surface area contributed by atoms with Crippen LogP contribution in [-0.2, 0) is 6.54 Å². The topological polar surface area (TPSA) is 45.4 Å². The molecule has 0 radical (unpaired) electrons. The lowest BCUT2D eigenvalue weighted by Gasteiger charge is -2.43. The molecule has 4 nitrogen and oxygen atoms in total. The van der Waals surface area contributed by atoms with E-state index in [0.29, 0.717) is 4.99 Å². The number of thiazole rings is 1. The third-order valence-corrected chi connectivity index (χ3v) is 5.75. The standard InChI is InChI=1S/C14H24N4S2/c1-10-11(2)20-12(16-10)9-17-5-7-18(8-6-17)14(3,4)13(15)19/h5-9H2,1-4H3,(H2,15,19). The number of aryl methyl sites for hydroxylation is 2. The lowest BCUT2D eigenvalue weighted by atomic mass is 10.0. The Balaban J connectivity index is 1.90. The van der Waals surface area contributed by atoms with Gasteiger partial charge in [0.1, 0.15) is 5.01 Å². The third-order valence-electron chi connectivity index (χ3n) is 4.20. The Labute approximate surface area is 131 Å². The molecule has 0 aliphatic carbocycles. The van der Waals surface area contributed by atoms with Gasteiger partial charge in [-0.25, -0.2) is 4.98 Å². The number of rotatable bonds is 4. The van der Waals surface area contributed by atoms with Crippen molar-refractivity contribution in [3.63, 3.8) is 0 Å². The minimum atomic E-state index is -0.185. The number of nitrogens with two attached hydrogens (primary N) is 1. The zero-order valence-corrected chi connectivity index (χ0v) is 14.4. The van der Waals surface area contributed by atoms with Gasteiger partial charge in [-0.3, -0.25) is 9.80 Å². The molecular formula is C14H24N4S2. The average Bonchev–Trinajstić information content (AvgIpc) is 2.68. The molecule has 1 aromatic rings. The molecule has 1 aliphatic rings. The molecule has 20 heavy (non-hydrogen) atoms. The fourth-order valence-corrected chi connectivity index (χ4v) is 3.52. The van der Waals surface area contributed by atoms with Crippen molar-refractivity contribution in [1.82, 2.24) is 14.8 Å². The predicted octanol–water partition coefficient (Wildman–Crippen LogP) is 1.94. The zero-order valence-electron chi connectivity index (χ0n) is 12.8. The number of hydrogen-bond donors (Lipinski definition) is 1. The van der Waals surface area contributed by atoms with Crippen molar-refractivity contribution < 1.29 is 0 Å². The van der Waals surface area contributed by atoms with Gasteiger partial charge in [0.2, 0.25) is 0 Å². The van der Waals surface area contributed by atoms with E-state index in [1.165, 1.54) is 15.6 Å². The van der Waals surface area contributed by atoms with E-state index >= 15 is 0 Å². The minimum absolute atomic E-state index is 0.185. The van der Waals surface area contributed by atoms with Crippen LogP contribution in [-0.4, -0.2) is 51.5 Å². The first-order chi connectivity index (χ1) is 9.30. The maximum atomic E-state index is 5.85. The molecule has 0 bridgehead atoms. The first-order valence-electron chi connectivity index (χ1n) is 7.01. The number of hydrogen-bond acceptors (Lipinski definition) is 5. The van der Waals surface area contributed by atoms with Crippen LogP contribution in [0.1, 0.15) is 29.4 Å². The second-order valence-electron chi connectivity index (χ2n) is 5.94. The number of aromatic nitrogens is 1. The van der Waals surface area contributed by atoms with Crippen LogP contribution >= 0.6 is 23.6 Å². The van der Waals surface area contributed by atoms with Gasteiger partial charge in [-0.2, -0.15) is 0 Å². The summed E-state index contributed by atoms with van der Waals surface area (Å²) in [5.41, 5.74) is 6.83. The van der Waals surface area contributed by atoms with Crippen molar-refractivity contribution in [2.45, 2.75) is 39.8 Å². The molecule has 6 heteroatoms. The van der Waals surface area contributed by atoms with E-state index < -0.39 is 0 Å². The molecule has 2 heterocycles. The molecular weight excluding hydrogens is 288 g/mol. The van der Waals surface area contributed by atoms with Crippen molar-refractivity contribution in [3.05, 3.63) is 15.6 Å². The Morgan fingerprint density at radius 2 is 1.90 bits per heavy atom. The number of thiocarbonyl (C=S) groups is 1. The summed E-state index contributed by atoms with van der Waals surface area (Å²) in [6.07, 6.45) is 0. The van der Waals surface area contributed by atoms with Gasteiger partial charge in [-0.1, -0.05) is 12.2 Å². The van der Waals surface area contributed by atoms with Crippen molar-refractivity contribution in [3.8, 4) is 0 Å². The average molecular weight is 313 g/mol. The summed E-state index contributed by atoms with van der Waals surface area (Å²) < 4.78 is 0. The Kier molecular flexibility index (Phi) is 4.79. The van der Waals surface area contributed by atoms with Crippen LogP contribution in [0, 0.1) is 13.8 Å². The lowest BCUT2D eigenvalue weighted by molar-refractivity contribution is 0.0821. The second kappa shape index (κ2) is 6.05. The van der Waals surface area contributed by atoms with Gasteiger partial charge in [-0.05, 0) is 27.7 Å². The molecule has 0 spiro atoms. The first-order valence-corrected chi connectivity index (χ1v) is 8.23. The highest BCUT2D eigenvalue weighted by Crippen LogP contribution is 2.21. The maximum Gasteiger partial charge on any atom is 0.107 e. The Morgan fingerprint density at radius 3 is 2.35 bits per heavy atom. The van der Waals surface area contributed by atoms with Crippen LogP contribution in [0.15, 0.2) is 0 Å². The maximum absolute atomic E-state index is 5.85. The van der Waals surface area contributed by atoms with Gasteiger partial charge in [0.05, 0.1) is 22.8 Å². The summed E-state index contributed by atoms with van der Waals surface area (Å²) in [7, 11) is 0. The summed E-state index contributed by atoms with van der Waals surface area (Å²) in [4.78, 5) is 11.4. The van der Waals surface area contributed by atoms with Gasteiger partial charge >= 0.3 is 0 Å². The normalized spacial score (nSPS) is 18.4. The SMILES string of the molecule is Cc1nc(CN2CCN(C(C)(C)C(N)=S)CC2)sc1C. The van der Waals surface area contributed by atoms with Crippen molar-refractivity contribution in [2.75, 3.05) is 26.2 Å². The van der Waals surface area contributed by atoms with Crippen molar-refractivity contribution in [2.24, 2.45) is 5.73 Å². The highest BCUT2D eigenvalue weighted by molar-refractivity contribution is 7.80. The third kappa shape index (κ3) is 3.36. The van der Waals surface area contributed by atoms with Crippen molar-refractivity contribution >= 4 is 28.5 Å². The summed E-state index contributed by atoms with van der Waals surface area (Å²) in [5, 5.41) is 1.22. The molecule has 1 aromatic heterocycles. The summed E-state index contributed by atoms with van der Waals surface area (Å²) in [6, 6.07) is 0. The highest BCUT2D eigenvalue weighted by atomic mass is 32.1. The predicted molar refractivity (Wildman–Crippen MR) is 89.3 cm³/mol. The van der Waals surface area contributed by atoms with E-state index in [-0.39, 0.29) is 5.54 Å². The highest BCUT2D eigenvalue weighted by Gasteiger charge is 2.32. The molecule has 1 aliphatic heterocycles. The molecule has 2 rings (SSSR count). The largest absolute Gasteiger partial charge is 0.392 e. The fraction of sp³-hybridized carbons (Fsp3) is 0.714. The van der Waals surface area contributed by atoms with E-state index in [2.05, 4.69) is 42.5 Å². The van der Waals surface area contributed by atoms with E-state index in [1.54, 1.807) is 0 Å². The fourth-order valence-electron chi connectivity index (χ4n) is 2.42. The first kappa shape index (κ1) is 15.8. The Bertz CT molecular complexity index is 468. The monoisotopic (exact) mass is 312 g/mol. The molecule has 2 N–H and O–H groups in total. The summed E-state index contributed by atoms with van der Waals surface area (Å²) in [6.45, 7) is 13.5. The van der Waals surface area contributed by atoms with E-state index in [4.69, 9.17) is 18.0 Å². The Morgan fingerprint density at radius 1 is 1.30 bits per heavy atom. The van der Waals surface area contributed by atoms with Crippen LogP contribution in [0.25, 0.3) is 0 Å². The van der Waals surface area contributed by atoms with Crippen LogP contribution in [0.3, 0.4) is 0 Å². The van der Waals surface area contributed by atoms with Gasteiger partial charge in [-0.15, -0.1) is 11.3 Å². The van der Waals surface area contributed by atoms with E-state index in [0.717, 1.165) is 32.7 Å². The van der Waals surface area contributed by atoms with Crippen LogP contribution in [0.2, 0.25) is 0 Å². The lowest BCUT2D eigenvalue weighted by Crippen LogP contribution is -2.59. The molecule has 0 aromatic carbocycles.